The first kappa shape index (κ1) is 11.4. The van der Waals surface area contributed by atoms with Gasteiger partial charge in [0.05, 0.1) is 5.69 Å². The fraction of sp³-hybridized carbons (Fsp3) is 0.231. The number of hydrogen-bond acceptors (Lipinski definition) is 3. The molecule has 2 rings (SSSR count). The number of carbonyl (C=O) groups is 1. The molecule has 0 atom stereocenters. The van der Waals surface area contributed by atoms with Crippen molar-refractivity contribution in [2.24, 2.45) is 0 Å². The highest BCUT2D eigenvalue weighted by Gasteiger charge is 2.13. The summed E-state index contributed by atoms with van der Waals surface area (Å²) < 4.78 is 4.75. The lowest BCUT2D eigenvalue weighted by Gasteiger charge is -2.08. The fourth-order valence-electron chi connectivity index (χ4n) is 1.65. The Morgan fingerprint density at radius 3 is 2.82 bits per heavy atom. The van der Waals surface area contributed by atoms with Crippen molar-refractivity contribution >= 4 is 11.6 Å². The molecule has 1 aromatic heterocycles. The predicted octanol–water partition coefficient (Wildman–Crippen LogP) is 2.80. The first-order valence-electron chi connectivity index (χ1n) is 5.52. The van der Waals surface area contributed by atoms with Crippen molar-refractivity contribution in [3.8, 4) is 0 Å². The topological polar surface area (TPSA) is 55.1 Å². The van der Waals surface area contributed by atoms with E-state index in [1.807, 2.05) is 24.3 Å². The van der Waals surface area contributed by atoms with E-state index in [-0.39, 0.29) is 5.91 Å². The van der Waals surface area contributed by atoms with Gasteiger partial charge in [0, 0.05) is 5.69 Å². The summed E-state index contributed by atoms with van der Waals surface area (Å²) in [5.41, 5.74) is 3.00. The average Bonchev–Trinajstić information content (AvgIpc) is 2.76. The zero-order valence-corrected chi connectivity index (χ0v) is 9.86. The van der Waals surface area contributed by atoms with Crippen LogP contribution in [0.15, 0.2) is 35.1 Å². The fourth-order valence-corrected chi connectivity index (χ4v) is 1.65. The van der Waals surface area contributed by atoms with Crippen LogP contribution in [0.5, 0.6) is 0 Å². The van der Waals surface area contributed by atoms with Crippen molar-refractivity contribution in [2.45, 2.75) is 20.3 Å². The molecule has 0 spiro atoms. The molecule has 1 aromatic carbocycles. The van der Waals surface area contributed by atoms with Crippen molar-refractivity contribution in [1.82, 2.24) is 5.16 Å². The maximum Gasteiger partial charge on any atom is 0.260 e. The number of nitrogens with one attached hydrogen (secondary N) is 1. The van der Waals surface area contributed by atoms with Crippen molar-refractivity contribution < 1.29 is 9.32 Å². The Hall–Kier alpha value is -2.10. The van der Waals surface area contributed by atoms with Gasteiger partial charge in [0.1, 0.15) is 11.8 Å². The number of hydrogen-bond donors (Lipinski definition) is 1. The predicted molar refractivity (Wildman–Crippen MR) is 65.0 cm³/mol. The Morgan fingerprint density at radius 2 is 2.18 bits per heavy atom. The van der Waals surface area contributed by atoms with Crippen LogP contribution < -0.4 is 5.32 Å². The van der Waals surface area contributed by atoms with E-state index in [4.69, 9.17) is 4.52 Å². The van der Waals surface area contributed by atoms with Crippen molar-refractivity contribution in [3.63, 3.8) is 0 Å². The summed E-state index contributed by atoms with van der Waals surface area (Å²) in [6.45, 7) is 3.79. The maximum absolute atomic E-state index is 12.0. The number of benzene rings is 1. The quantitative estimate of drug-likeness (QED) is 0.882. The molecular formula is C13H14N2O2. The van der Waals surface area contributed by atoms with Crippen LogP contribution in [0, 0.1) is 6.92 Å². The van der Waals surface area contributed by atoms with Gasteiger partial charge in [-0.1, -0.05) is 30.3 Å². The van der Waals surface area contributed by atoms with Gasteiger partial charge in [-0.25, -0.2) is 0 Å². The lowest BCUT2D eigenvalue weighted by molar-refractivity contribution is 0.102. The smallest absolute Gasteiger partial charge is 0.260 e. The normalized spacial score (nSPS) is 10.2. The zero-order valence-electron chi connectivity index (χ0n) is 9.86. The number of carbonyl (C=O) groups excluding carboxylic acids is 1. The Kier molecular flexibility index (Phi) is 3.23. The lowest BCUT2D eigenvalue weighted by Crippen LogP contribution is -2.13. The molecule has 2 aromatic rings. The first-order chi connectivity index (χ1) is 8.22. The monoisotopic (exact) mass is 230 g/mol. The van der Waals surface area contributed by atoms with Gasteiger partial charge in [-0.2, -0.15) is 0 Å². The van der Waals surface area contributed by atoms with Crippen LogP contribution in [-0.4, -0.2) is 11.1 Å². The molecule has 0 aliphatic carbocycles. The molecule has 0 radical (unpaired) electrons. The highest BCUT2D eigenvalue weighted by atomic mass is 16.5. The molecular weight excluding hydrogens is 216 g/mol. The van der Waals surface area contributed by atoms with Gasteiger partial charge < -0.3 is 9.84 Å². The Labute approximate surface area is 99.6 Å². The Bertz CT molecular complexity index is 532. The summed E-state index contributed by atoms with van der Waals surface area (Å²) in [5.74, 6) is -0.190. The Morgan fingerprint density at radius 1 is 1.41 bits per heavy atom. The molecule has 88 valence electrons. The zero-order chi connectivity index (χ0) is 12.3. The highest BCUT2D eigenvalue weighted by molar-refractivity contribution is 6.05. The van der Waals surface area contributed by atoms with Crippen molar-refractivity contribution in [3.05, 3.63) is 47.3 Å². The van der Waals surface area contributed by atoms with E-state index in [0.29, 0.717) is 11.3 Å². The van der Waals surface area contributed by atoms with E-state index >= 15 is 0 Å². The van der Waals surface area contributed by atoms with Gasteiger partial charge in [0.15, 0.2) is 0 Å². The molecule has 17 heavy (non-hydrogen) atoms. The standard InChI is InChI=1S/C13H14N2O2/c1-3-10-6-4-5-7-12(10)14-13(16)11-8-17-15-9(11)2/h4-8H,3H2,1-2H3,(H,14,16). The molecule has 0 unspecified atom stereocenters. The first-order valence-corrected chi connectivity index (χ1v) is 5.52. The largest absolute Gasteiger partial charge is 0.364 e. The minimum Gasteiger partial charge on any atom is -0.364 e. The lowest BCUT2D eigenvalue weighted by atomic mass is 10.1. The summed E-state index contributed by atoms with van der Waals surface area (Å²) in [5, 5.41) is 6.55. The van der Waals surface area contributed by atoms with Gasteiger partial charge >= 0.3 is 0 Å². The van der Waals surface area contributed by atoms with Gasteiger partial charge in [0.2, 0.25) is 0 Å². The van der Waals surface area contributed by atoms with Gasteiger partial charge in [-0.15, -0.1) is 0 Å². The van der Waals surface area contributed by atoms with E-state index in [0.717, 1.165) is 17.7 Å². The molecule has 1 amide bonds. The number of para-hydroxylation sites is 1. The van der Waals surface area contributed by atoms with E-state index in [9.17, 15) is 4.79 Å². The summed E-state index contributed by atoms with van der Waals surface area (Å²) in [6, 6.07) is 7.74. The summed E-state index contributed by atoms with van der Waals surface area (Å²) >= 11 is 0. The number of amides is 1. The van der Waals surface area contributed by atoms with Crippen molar-refractivity contribution in [1.29, 1.82) is 0 Å². The number of rotatable bonds is 3. The third kappa shape index (κ3) is 2.36. The number of anilines is 1. The molecule has 0 aliphatic rings. The number of aryl methyl sites for hydroxylation is 2. The van der Waals surface area contributed by atoms with E-state index in [1.54, 1.807) is 6.92 Å². The third-order valence-corrected chi connectivity index (χ3v) is 2.64. The van der Waals surface area contributed by atoms with Crippen LogP contribution in [0.25, 0.3) is 0 Å². The van der Waals surface area contributed by atoms with Gasteiger partial charge in [-0.05, 0) is 25.0 Å². The van der Waals surface area contributed by atoms with Crippen LogP contribution >= 0.6 is 0 Å². The molecule has 4 heteroatoms. The Balaban J connectivity index is 2.22. The summed E-state index contributed by atoms with van der Waals surface area (Å²) in [4.78, 5) is 12.0. The minimum atomic E-state index is -0.190. The van der Waals surface area contributed by atoms with Crippen molar-refractivity contribution in [2.75, 3.05) is 5.32 Å². The summed E-state index contributed by atoms with van der Waals surface area (Å²) in [6.07, 6.45) is 2.23. The molecule has 0 saturated heterocycles. The average molecular weight is 230 g/mol. The summed E-state index contributed by atoms with van der Waals surface area (Å²) in [7, 11) is 0. The van der Waals surface area contributed by atoms with E-state index in [2.05, 4.69) is 17.4 Å². The second-order valence-corrected chi connectivity index (χ2v) is 3.78. The van der Waals surface area contributed by atoms with Gasteiger partial charge in [-0.3, -0.25) is 4.79 Å². The number of aromatic nitrogens is 1. The molecule has 0 aliphatic heterocycles. The van der Waals surface area contributed by atoms with Crippen LogP contribution in [0.2, 0.25) is 0 Å². The minimum absolute atomic E-state index is 0.190. The molecule has 4 nitrogen and oxygen atoms in total. The highest BCUT2D eigenvalue weighted by Crippen LogP contribution is 2.17. The third-order valence-electron chi connectivity index (χ3n) is 2.64. The number of nitrogens with zero attached hydrogens (tertiary/aromatic N) is 1. The SMILES string of the molecule is CCc1ccccc1NC(=O)c1conc1C. The molecule has 1 heterocycles. The second-order valence-electron chi connectivity index (χ2n) is 3.78. The van der Waals surface area contributed by atoms with Crippen LogP contribution in [0.1, 0.15) is 28.5 Å². The van der Waals surface area contributed by atoms with Crippen LogP contribution in [0.3, 0.4) is 0 Å². The van der Waals surface area contributed by atoms with Gasteiger partial charge in [0.25, 0.3) is 5.91 Å². The van der Waals surface area contributed by atoms with E-state index < -0.39 is 0 Å². The van der Waals surface area contributed by atoms with Crippen LogP contribution in [0.4, 0.5) is 5.69 Å². The van der Waals surface area contributed by atoms with E-state index in [1.165, 1.54) is 6.26 Å². The molecule has 0 fully saturated rings. The maximum atomic E-state index is 12.0. The molecule has 1 N–H and O–H groups in total. The molecule has 0 bridgehead atoms. The second kappa shape index (κ2) is 4.82. The van der Waals surface area contributed by atoms with Crippen LogP contribution in [-0.2, 0) is 6.42 Å². The molecule has 0 saturated carbocycles.